The predicted octanol–water partition coefficient (Wildman–Crippen LogP) is 0.0760. The molecule has 2 N–H and O–H groups in total. The standard InChI is InChI=1S/C15H19N3O5/c1-22-7-6-16-13(19)9-14(20)18-17-10-11-4-3-5-12(8-11)15(21)23-2/h3-5,8,10H,6-7,9H2,1-2H3,(H,16,19)(H,18,20)/b17-10-. The van der Waals surface area contributed by atoms with E-state index in [9.17, 15) is 14.4 Å². The van der Waals surface area contributed by atoms with Gasteiger partial charge in [-0.05, 0) is 17.7 Å². The van der Waals surface area contributed by atoms with Crippen molar-refractivity contribution in [1.82, 2.24) is 10.7 Å². The molecule has 0 saturated heterocycles. The second-order valence-corrected chi connectivity index (χ2v) is 4.43. The summed E-state index contributed by atoms with van der Waals surface area (Å²) >= 11 is 0. The van der Waals surface area contributed by atoms with Gasteiger partial charge in [0, 0.05) is 13.7 Å². The van der Waals surface area contributed by atoms with E-state index in [4.69, 9.17) is 4.74 Å². The summed E-state index contributed by atoms with van der Waals surface area (Å²) in [5.74, 6) is -1.42. The molecule has 8 nitrogen and oxygen atoms in total. The number of nitrogens with one attached hydrogen (secondary N) is 2. The van der Waals surface area contributed by atoms with Crippen molar-refractivity contribution >= 4 is 24.0 Å². The van der Waals surface area contributed by atoms with Crippen LogP contribution in [0.3, 0.4) is 0 Å². The molecule has 0 bridgehead atoms. The Morgan fingerprint density at radius 2 is 2.00 bits per heavy atom. The van der Waals surface area contributed by atoms with E-state index in [2.05, 4.69) is 20.6 Å². The van der Waals surface area contributed by atoms with Gasteiger partial charge in [0.2, 0.25) is 11.8 Å². The molecular weight excluding hydrogens is 302 g/mol. The number of benzene rings is 1. The van der Waals surface area contributed by atoms with Gasteiger partial charge in [0.15, 0.2) is 0 Å². The SMILES string of the molecule is COCCNC(=O)CC(=O)N/N=C\c1cccc(C(=O)OC)c1. The largest absolute Gasteiger partial charge is 0.465 e. The summed E-state index contributed by atoms with van der Waals surface area (Å²) in [5, 5.41) is 6.26. The second kappa shape index (κ2) is 10.1. The van der Waals surface area contributed by atoms with E-state index in [1.165, 1.54) is 20.4 Å². The lowest BCUT2D eigenvalue weighted by Gasteiger charge is -2.03. The van der Waals surface area contributed by atoms with E-state index in [0.717, 1.165) is 0 Å². The van der Waals surface area contributed by atoms with Gasteiger partial charge in [0.25, 0.3) is 0 Å². The summed E-state index contributed by atoms with van der Waals surface area (Å²) in [7, 11) is 2.81. The smallest absolute Gasteiger partial charge is 0.337 e. The topological polar surface area (TPSA) is 106 Å². The minimum absolute atomic E-state index is 0.330. The number of methoxy groups -OCH3 is 2. The molecule has 1 rings (SSSR count). The summed E-state index contributed by atoms with van der Waals surface area (Å²) in [6, 6.07) is 6.54. The average Bonchev–Trinajstić information content (AvgIpc) is 2.54. The Kier molecular flexibility index (Phi) is 8.01. The first kappa shape index (κ1) is 18.3. The highest BCUT2D eigenvalue weighted by Crippen LogP contribution is 2.04. The first-order chi connectivity index (χ1) is 11.1. The first-order valence-electron chi connectivity index (χ1n) is 6.82. The number of carbonyl (C=O) groups excluding carboxylic acids is 3. The van der Waals surface area contributed by atoms with Crippen LogP contribution >= 0.6 is 0 Å². The second-order valence-electron chi connectivity index (χ2n) is 4.43. The van der Waals surface area contributed by atoms with E-state index in [1.54, 1.807) is 24.3 Å². The van der Waals surface area contributed by atoms with Gasteiger partial charge in [-0.3, -0.25) is 9.59 Å². The van der Waals surface area contributed by atoms with Crippen LogP contribution in [0.1, 0.15) is 22.3 Å². The Morgan fingerprint density at radius 3 is 2.70 bits per heavy atom. The van der Waals surface area contributed by atoms with Crippen LogP contribution in [0.5, 0.6) is 0 Å². The van der Waals surface area contributed by atoms with Gasteiger partial charge < -0.3 is 14.8 Å². The summed E-state index contributed by atoms with van der Waals surface area (Å²) in [5.41, 5.74) is 3.22. The van der Waals surface area contributed by atoms with Crippen molar-refractivity contribution in [2.45, 2.75) is 6.42 Å². The summed E-state index contributed by atoms with van der Waals surface area (Å²) < 4.78 is 9.39. The quantitative estimate of drug-likeness (QED) is 0.232. The van der Waals surface area contributed by atoms with Crippen LogP contribution in [0, 0.1) is 0 Å². The number of hydrazone groups is 1. The van der Waals surface area contributed by atoms with Crippen LogP contribution in [0.4, 0.5) is 0 Å². The van der Waals surface area contributed by atoms with E-state index in [0.29, 0.717) is 24.3 Å². The molecule has 0 heterocycles. The highest BCUT2D eigenvalue weighted by atomic mass is 16.5. The van der Waals surface area contributed by atoms with Crippen molar-refractivity contribution < 1.29 is 23.9 Å². The Morgan fingerprint density at radius 1 is 1.22 bits per heavy atom. The molecule has 124 valence electrons. The molecule has 0 unspecified atom stereocenters. The molecule has 0 atom stereocenters. The monoisotopic (exact) mass is 321 g/mol. The zero-order valence-corrected chi connectivity index (χ0v) is 13.0. The molecule has 0 fully saturated rings. The number of rotatable bonds is 8. The fourth-order valence-corrected chi connectivity index (χ4v) is 1.58. The first-order valence-corrected chi connectivity index (χ1v) is 6.82. The van der Waals surface area contributed by atoms with E-state index in [1.807, 2.05) is 0 Å². The number of hydrogen-bond donors (Lipinski definition) is 2. The molecule has 2 amide bonds. The van der Waals surface area contributed by atoms with Gasteiger partial charge in [-0.2, -0.15) is 5.10 Å². The van der Waals surface area contributed by atoms with Gasteiger partial charge >= 0.3 is 5.97 Å². The van der Waals surface area contributed by atoms with E-state index < -0.39 is 17.8 Å². The maximum Gasteiger partial charge on any atom is 0.337 e. The maximum absolute atomic E-state index is 11.5. The van der Waals surface area contributed by atoms with Crippen LogP contribution in [0.15, 0.2) is 29.4 Å². The highest BCUT2D eigenvalue weighted by Gasteiger charge is 2.08. The van der Waals surface area contributed by atoms with Crippen molar-refractivity contribution in [3.63, 3.8) is 0 Å². The molecule has 23 heavy (non-hydrogen) atoms. The molecule has 0 spiro atoms. The number of hydrogen-bond acceptors (Lipinski definition) is 6. The van der Waals surface area contributed by atoms with Crippen LogP contribution in [-0.4, -0.2) is 51.4 Å². The number of esters is 1. The molecular formula is C15H19N3O5. The average molecular weight is 321 g/mol. The number of carbonyl (C=O) groups is 3. The van der Waals surface area contributed by atoms with Crippen LogP contribution in [0.2, 0.25) is 0 Å². The number of ether oxygens (including phenoxy) is 2. The third-order valence-electron chi connectivity index (χ3n) is 2.66. The van der Waals surface area contributed by atoms with Crippen molar-refractivity contribution in [1.29, 1.82) is 0 Å². The Hall–Kier alpha value is -2.74. The van der Waals surface area contributed by atoms with Gasteiger partial charge in [0.1, 0.15) is 6.42 Å². The van der Waals surface area contributed by atoms with E-state index in [-0.39, 0.29) is 6.42 Å². The third kappa shape index (κ3) is 7.18. The van der Waals surface area contributed by atoms with Crippen LogP contribution in [0.25, 0.3) is 0 Å². The molecule has 0 saturated carbocycles. The molecule has 0 aliphatic rings. The summed E-state index contributed by atoms with van der Waals surface area (Å²) in [4.78, 5) is 34.3. The molecule has 1 aromatic rings. The lowest BCUT2D eigenvalue weighted by atomic mass is 10.1. The fraction of sp³-hybridized carbons (Fsp3) is 0.333. The Bertz CT molecular complexity index is 586. The minimum atomic E-state index is -0.541. The maximum atomic E-state index is 11.5. The van der Waals surface area contributed by atoms with Crippen molar-refractivity contribution in [3.05, 3.63) is 35.4 Å². The van der Waals surface area contributed by atoms with Gasteiger partial charge in [-0.15, -0.1) is 0 Å². The number of amides is 2. The molecule has 0 aliphatic carbocycles. The highest BCUT2D eigenvalue weighted by molar-refractivity contribution is 5.97. The zero-order valence-electron chi connectivity index (χ0n) is 13.0. The molecule has 0 aromatic heterocycles. The van der Waals surface area contributed by atoms with Crippen LogP contribution < -0.4 is 10.7 Å². The van der Waals surface area contributed by atoms with E-state index >= 15 is 0 Å². The van der Waals surface area contributed by atoms with Crippen LogP contribution in [-0.2, 0) is 19.1 Å². The molecule has 0 radical (unpaired) electrons. The molecule has 0 aliphatic heterocycles. The number of nitrogens with zero attached hydrogens (tertiary/aromatic N) is 1. The van der Waals surface area contributed by atoms with Gasteiger partial charge in [0.05, 0.1) is 25.5 Å². The van der Waals surface area contributed by atoms with Crippen molar-refractivity contribution in [3.8, 4) is 0 Å². The third-order valence-corrected chi connectivity index (χ3v) is 2.66. The Labute approximate surface area is 133 Å². The van der Waals surface area contributed by atoms with Gasteiger partial charge in [-0.1, -0.05) is 12.1 Å². The van der Waals surface area contributed by atoms with Crippen molar-refractivity contribution in [2.24, 2.45) is 5.10 Å². The zero-order chi connectivity index (χ0) is 17.1. The predicted molar refractivity (Wildman–Crippen MR) is 83.0 cm³/mol. The molecule has 1 aromatic carbocycles. The lowest BCUT2D eigenvalue weighted by molar-refractivity contribution is -0.129. The Balaban J connectivity index is 2.45. The fourth-order valence-electron chi connectivity index (χ4n) is 1.58. The summed E-state index contributed by atoms with van der Waals surface area (Å²) in [6.07, 6.45) is 1.04. The van der Waals surface area contributed by atoms with Crippen molar-refractivity contribution in [2.75, 3.05) is 27.4 Å². The normalized spacial score (nSPS) is 10.3. The lowest BCUT2D eigenvalue weighted by Crippen LogP contribution is -2.31. The molecule has 8 heteroatoms. The van der Waals surface area contributed by atoms with Gasteiger partial charge in [-0.25, -0.2) is 10.2 Å². The minimum Gasteiger partial charge on any atom is -0.465 e. The summed E-state index contributed by atoms with van der Waals surface area (Å²) in [6.45, 7) is 0.717.